The SMILES string of the molecule is CNC(=O)c1c(-c2ccc(C)cc2)oc2cc(N(C)S(C)(=O)=O)c(-c3ccc4c(n3)-c3cc5c(F)cccc5n3CC4)cc12. The number of pyridine rings is 1. The zero-order valence-corrected chi connectivity index (χ0v) is 25.4. The summed E-state index contributed by atoms with van der Waals surface area (Å²) in [4.78, 5) is 18.3. The van der Waals surface area contributed by atoms with Crippen LogP contribution in [0.2, 0.25) is 0 Å². The Morgan fingerprint density at radius 3 is 2.55 bits per heavy atom. The number of rotatable bonds is 5. The van der Waals surface area contributed by atoms with Gasteiger partial charge in [0.25, 0.3) is 5.91 Å². The summed E-state index contributed by atoms with van der Waals surface area (Å²) in [6.07, 6.45) is 1.84. The van der Waals surface area contributed by atoms with Gasteiger partial charge in [0.2, 0.25) is 10.0 Å². The first-order valence-electron chi connectivity index (χ1n) is 14.2. The maximum absolute atomic E-state index is 14.7. The Morgan fingerprint density at radius 2 is 1.82 bits per heavy atom. The fraction of sp³-hybridized carbons (Fsp3) is 0.176. The predicted molar refractivity (Wildman–Crippen MR) is 171 cm³/mol. The quantitative estimate of drug-likeness (QED) is 0.240. The molecule has 1 amide bonds. The molecular weight excluding hydrogens is 579 g/mol. The molecule has 1 N–H and O–H groups in total. The van der Waals surface area contributed by atoms with Gasteiger partial charge in [-0.15, -0.1) is 0 Å². The molecule has 4 heterocycles. The molecule has 0 atom stereocenters. The highest BCUT2D eigenvalue weighted by atomic mass is 32.2. The molecule has 1 aliphatic rings. The van der Waals surface area contributed by atoms with E-state index in [0.29, 0.717) is 63.3 Å². The molecule has 0 saturated carbocycles. The number of aryl methyl sites for hydroxylation is 3. The Hall–Kier alpha value is -4.96. The van der Waals surface area contributed by atoms with E-state index in [9.17, 15) is 17.6 Å². The van der Waals surface area contributed by atoms with Crippen LogP contribution in [0.25, 0.3) is 55.8 Å². The summed E-state index contributed by atoms with van der Waals surface area (Å²) < 4.78 is 49.9. The number of nitrogens with one attached hydrogen (secondary N) is 1. The van der Waals surface area contributed by atoms with Crippen LogP contribution in [0.15, 0.2) is 77.2 Å². The minimum absolute atomic E-state index is 0.296. The zero-order valence-electron chi connectivity index (χ0n) is 24.6. The van der Waals surface area contributed by atoms with Gasteiger partial charge in [-0.05, 0) is 49.2 Å². The summed E-state index contributed by atoms with van der Waals surface area (Å²) in [7, 11) is -0.655. The fourth-order valence-corrected chi connectivity index (χ4v) is 6.52. The highest BCUT2D eigenvalue weighted by Crippen LogP contribution is 2.42. The van der Waals surface area contributed by atoms with Gasteiger partial charge in [0.05, 0.1) is 40.1 Å². The number of hydrogen-bond acceptors (Lipinski definition) is 5. The number of anilines is 1. The minimum atomic E-state index is -3.69. The number of fused-ring (bicyclic) bond motifs is 6. The number of hydrogen-bond donors (Lipinski definition) is 1. The van der Waals surface area contributed by atoms with Crippen LogP contribution in [0.3, 0.4) is 0 Å². The van der Waals surface area contributed by atoms with E-state index in [2.05, 4.69) is 9.88 Å². The Balaban J connectivity index is 1.50. The number of halogens is 1. The highest BCUT2D eigenvalue weighted by molar-refractivity contribution is 7.92. The van der Waals surface area contributed by atoms with Gasteiger partial charge in [0, 0.05) is 48.6 Å². The fourth-order valence-electron chi connectivity index (χ4n) is 6.01. The summed E-state index contributed by atoms with van der Waals surface area (Å²) in [6.45, 7) is 2.67. The second-order valence-electron chi connectivity index (χ2n) is 11.2. The van der Waals surface area contributed by atoms with Gasteiger partial charge in [-0.2, -0.15) is 0 Å². The second-order valence-corrected chi connectivity index (χ2v) is 13.2. The molecule has 0 spiro atoms. The van der Waals surface area contributed by atoms with E-state index in [4.69, 9.17) is 9.40 Å². The molecule has 8 nitrogen and oxygen atoms in total. The number of benzene rings is 3. The minimum Gasteiger partial charge on any atom is -0.455 e. The van der Waals surface area contributed by atoms with Crippen molar-refractivity contribution < 1.29 is 22.0 Å². The van der Waals surface area contributed by atoms with Crippen molar-refractivity contribution >= 4 is 43.5 Å². The van der Waals surface area contributed by atoms with Crippen LogP contribution >= 0.6 is 0 Å². The average molecular weight is 609 g/mol. The van der Waals surface area contributed by atoms with Crippen LogP contribution in [0.5, 0.6) is 0 Å². The Labute approximate surface area is 253 Å². The zero-order chi connectivity index (χ0) is 30.9. The highest BCUT2D eigenvalue weighted by Gasteiger charge is 2.28. The number of carbonyl (C=O) groups excluding carboxylic acids is 1. The third-order valence-electron chi connectivity index (χ3n) is 8.41. The monoisotopic (exact) mass is 608 g/mol. The van der Waals surface area contributed by atoms with Crippen LogP contribution in [-0.2, 0) is 23.0 Å². The first-order chi connectivity index (χ1) is 21.0. The lowest BCUT2D eigenvalue weighted by atomic mass is 9.98. The van der Waals surface area contributed by atoms with E-state index < -0.39 is 10.0 Å². The van der Waals surface area contributed by atoms with Crippen molar-refractivity contribution in [1.29, 1.82) is 0 Å². The van der Waals surface area contributed by atoms with Crippen molar-refractivity contribution in [3.63, 3.8) is 0 Å². The standard InChI is InChI=1S/C34H29FN4O4S/c1-19-8-10-21(11-9-19)33-31(34(40)36-2)24-16-23(28(18-30(24)43-33)38(3)44(4,41)42)26-13-12-20-14-15-39-27-7-5-6-25(35)22(27)17-29(39)32(20)37-26/h5-13,16-18H,14-15H2,1-4H3,(H,36,40). The van der Waals surface area contributed by atoms with Crippen LogP contribution in [0, 0.1) is 12.7 Å². The average Bonchev–Trinajstić information content (AvgIpc) is 3.59. The molecule has 10 heteroatoms. The molecule has 3 aromatic heterocycles. The Kier molecular flexibility index (Phi) is 6.36. The van der Waals surface area contributed by atoms with Crippen molar-refractivity contribution in [3.05, 3.63) is 95.3 Å². The number of aromatic nitrogens is 2. The van der Waals surface area contributed by atoms with E-state index in [-0.39, 0.29) is 11.7 Å². The lowest BCUT2D eigenvalue weighted by Gasteiger charge is -2.23. The van der Waals surface area contributed by atoms with E-state index in [1.165, 1.54) is 17.4 Å². The van der Waals surface area contributed by atoms with E-state index in [1.807, 2.05) is 55.5 Å². The lowest BCUT2D eigenvalue weighted by molar-refractivity contribution is 0.0964. The van der Waals surface area contributed by atoms with E-state index in [0.717, 1.165) is 34.2 Å². The topological polar surface area (TPSA) is 97.4 Å². The number of nitrogens with zero attached hydrogens (tertiary/aromatic N) is 3. The normalized spacial score (nSPS) is 12.8. The smallest absolute Gasteiger partial charge is 0.255 e. The Bertz CT molecular complexity index is 2250. The lowest BCUT2D eigenvalue weighted by Crippen LogP contribution is -2.25. The third kappa shape index (κ3) is 4.36. The van der Waals surface area contributed by atoms with Crippen molar-refractivity contribution in [2.45, 2.75) is 19.9 Å². The molecule has 0 fully saturated rings. The molecule has 0 unspecified atom stereocenters. The van der Waals surface area contributed by atoms with Crippen LogP contribution in [0.1, 0.15) is 21.5 Å². The summed E-state index contributed by atoms with van der Waals surface area (Å²) in [5.74, 6) is -0.246. The summed E-state index contributed by atoms with van der Waals surface area (Å²) in [6, 6.07) is 21.8. The maximum atomic E-state index is 14.7. The number of furan rings is 1. The van der Waals surface area contributed by atoms with Crippen LogP contribution in [0.4, 0.5) is 10.1 Å². The molecule has 0 bridgehead atoms. The number of sulfonamides is 1. The van der Waals surface area contributed by atoms with Crippen LogP contribution < -0.4 is 9.62 Å². The Morgan fingerprint density at radius 1 is 1.05 bits per heavy atom. The molecule has 44 heavy (non-hydrogen) atoms. The molecule has 3 aromatic carbocycles. The van der Waals surface area contributed by atoms with Gasteiger partial charge in [-0.3, -0.25) is 9.10 Å². The summed E-state index contributed by atoms with van der Waals surface area (Å²) >= 11 is 0. The maximum Gasteiger partial charge on any atom is 0.255 e. The van der Waals surface area contributed by atoms with Crippen molar-refractivity contribution in [1.82, 2.24) is 14.9 Å². The third-order valence-corrected chi connectivity index (χ3v) is 9.60. The van der Waals surface area contributed by atoms with Gasteiger partial charge in [0.15, 0.2) is 0 Å². The van der Waals surface area contributed by atoms with Gasteiger partial charge < -0.3 is 14.3 Å². The molecule has 7 rings (SSSR count). The largest absolute Gasteiger partial charge is 0.455 e. The first kappa shape index (κ1) is 27.8. The van der Waals surface area contributed by atoms with Crippen molar-refractivity contribution in [2.24, 2.45) is 0 Å². The summed E-state index contributed by atoms with van der Waals surface area (Å²) in [5, 5.41) is 3.77. The van der Waals surface area contributed by atoms with E-state index in [1.54, 1.807) is 25.2 Å². The van der Waals surface area contributed by atoms with E-state index >= 15 is 0 Å². The van der Waals surface area contributed by atoms with Gasteiger partial charge in [-0.1, -0.05) is 42.0 Å². The molecule has 0 radical (unpaired) electrons. The second kappa shape index (κ2) is 10.1. The number of carbonyl (C=O) groups is 1. The van der Waals surface area contributed by atoms with Crippen LogP contribution in [-0.4, -0.2) is 44.2 Å². The van der Waals surface area contributed by atoms with Crippen molar-refractivity contribution in [3.8, 4) is 34.0 Å². The van der Waals surface area contributed by atoms with Gasteiger partial charge >= 0.3 is 0 Å². The van der Waals surface area contributed by atoms with Gasteiger partial charge in [0.1, 0.15) is 17.2 Å². The molecule has 6 aromatic rings. The van der Waals surface area contributed by atoms with Crippen molar-refractivity contribution in [2.75, 3.05) is 24.7 Å². The first-order valence-corrected chi connectivity index (χ1v) is 16.0. The molecule has 1 aliphatic heterocycles. The summed E-state index contributed by atoms with van der Waals surface area (Å²) in [5.41, 5.74) is 7.17. The number of amides is 1. The predicted octanol–water partition coefficient (Wildman–Crippen LogP) is 6.54. The molecular formula is C34H29FN4O4S. The molecule has 0 aliphatic carbocycles. The molecule has 0 saturated heterocycles. The van der Waals surface area contributed by atoms with Gasteiger partial charge in [-0.25, -0.2) is 17.8 Å². The molecule has 222 valence electrons.